The van der Waals surface area contributed by atoms with Crippen LogP contribution in [0.15, 0.2) is 36.4 Å². The summed E-state index contributed by atoms with van der Waals surface area (Å²) in [5.41, 5.74) is 8.39. The van der Waals surface area contributed by atoms with Crippen LogP contribution in [0.1, 0.15) is 21.5 Å². The summed E-state index contributed by atoms with van der Waals surface area (Å²) in [7, 11) is 0. The number of benzene rings is 2. The molecule has 5 heteroatoms. The number of rotatable bonds is 3. The molecule has 0 amide bonds. The van der Waals surface area contributed by atoms with Gasteiger partial charge in [0.15, 0.2) is 0 Å². The van der Waals surface area contributed by atoms with E-state index in [-0.39, 0.29) is 11.3 Å². The summed E-state index contributed by atoms with van der Waals surface area (Å²) in [6, 6.07) is 12.3. The standard InChI is InChI=1S/C15H13N3O2/c1-9-6-11(7-12(14(9)17)15(19)20)18-13-5-3-2-4-10(13)8-16/h2-7,18H,17H2,1H3,(H,19,20). The smallest absolute Gasteiger partial charge is 0.337 e. The fourth-order valence-electron chi connectivity index (χ4n) is 1.89. The van der Waals surface area contributed by atoms with Crippen LogP contribution in [0.3, 0.4) is 0 Å². The number of carboxylic acid groups (broad SMARTS) is 1. The van der Waals surface area contributed by atoms with Crippen LogP contribution >= 0.6 is 0 Å². The molecule has 0 spiro atoms. The van der Waals surface area contributed by atoms with E-state index in [4.69, 9.17) is 16.1 Å². The van der Waals surface area contributed by atoms with Crippen molar-refractivity contribution in [1.29, 1.82) is 5.26 Å². The van der Waals surface area contributed by atoms with E-state index in [9.17, 15) is 4.79 Å². The summed E-state index contributed by atoms with van der Waals surface area (Å²) < 4.78 is 0. The summed E-state index contributed by atoms with van der Waals surface area (Å²) in [5, 5.41) is 21.2. The average Bonchev–Trinajstić information content (AvgIpc) is 2.43. The van der Waals surface area contributed by atoms with E-state index in [0.717, 1.165) is 0 Å². The Hall–Kier alpha value is -3.00. The highest BCUT2D eigenvalue weighted by Crippen LogP contribution is 2.26. The molecule has 0 bridgehead atoms. The van der Waals surface area contributed by atoms with Crippen molar-refractivity contribution >= 4 is 23.0 Å². The topological polar surface area (TPSA) is 99.1 Å². The Morgan fingerprint density at radius 3 is 2.70 bits per heavy atom. The van der Waals surface area contributed by atoms with Crippen LogP contribution in [0.4, 0.5) is 17.1 Å². The fraction of sp³-hybridized carbons (Fsp3) is 0.0667. The molecule has 0 aliphatic heterocycles. The number of carboxylic acids is 1. The lowest BCUT2D eigenvalue weighted by atomic mass is 10.1. The molecule has 0 aromatic heterocycles. The van der Waals surface area contributed by atoms with Crippen LogP contribution in [-0.4, -0.2) is 11.1 Å². The van der Waals surface area contributed by atoms with Gasteiger partial charge in [-0.05, 0) is 36.8 Å². The van der Waals surface area contributed by atoms with Crippen molar-refractivity contribution in [3.63, 3.8) is 0 Å². The molecule has 0 atom stereocenters. The Labute approximate surface area is 116 Å². The van der Waals surface area contributed by atoms with E-state index in [0.29, 0.717) is 22.5 Å². The van der Waals surface area contributed by atoms with Gasteiger partial charge in [0, 0.05) is 11.4 Å². The number of para-hydroxylation sites is 1. The number of carbonyl (C=O) groups is 1. The number of nitrogen functional groups attached to an aromatic ring is 1. The summed E-state index contributed by atoms with van der Waals surface area (Å²) in [4.78, 5) is 11.1. The summed E-state index contributed by atoms with van der Waals surface area (Å²) >= 11 is 0. The number of nitriles is 1. The Balaban J connectivity index is 2.45. The van der Waals surface area contributed by atoms with E-state index in [1.807, 2.05) is 0 Å². The highest BCUT2D eigenvalue weighted by Gasteiger charge is 2.12. The Kier molecular flexibility index (Phi) is 3.58. The number of nitrogens with two attached hydrogens (primary N) is 1. The van der Waals surface area contributed by atoms with Crippen molar-refractivity contribution in [1.82, 2.24) is 0 Å². The van der Waals surface area contributed by atoms with Crippen molar-refractivity contribution in [2.45, 2.75) is 6.92 Å². The number of hydrogen-bond acceptors (Lipinski definition) is 4. The first-order chi connectivity index (χ1) is 9.52. The summed E-state index contributed by atoms with van der Waals surface area (Å²) in [5.74, 6) is -1.08. The zero-order valence-corrected chi connectivity index (χ0v) is 10.8. The number of hydrogen-bond donors (Lipinski definition) is 3. The molecule has 100 valence electrons. The van der Waals surface area contributed by atoms with Gasteiger partial charge in [0.25, 0.3) is 0 Å². The van der Waals surface area contributed by atoms with Crippen molar-refractivity contribution in [2.24, 2.45) is 0 Å². The second-order valence-corrected chi connectivity index (χ2v) is 4.34. The van der Waals surface area contributed by atoms with Crippen LogP contribution < -0.4 is 11.1 Å². The zero-order valence-electron chi connectivity index (χ0n) is 10.8. The molecule has 5 nitrogen and oxygen atoms in total. The molecule has 0 unspecified atom stereocenters. The van der Waals surface area contributed by atoms with Crippen LogP contribution in [-0.2, 0) is 0 Å². The van der Waals surface area contributed by atoms with Gasteiger partial charge in [0.05, 0.1) is 16.8 Å². The van der Waals surface area contributed by atoms with Gasteiger partial charge < -0.3 is 16.2 Å². The molecule has 2 rings (SSSR count). The maximum absolute atomic E-state index is 11.1. The number of nitrogens with zero attached hydrogens (tertiary/aromatic N) is 1. The molecular weight excluding hydrogens is 254 g/mol. The largest absolute Gasteiger partial charge is 0.478 e. The molecule has 4 N–H and O–H groups in total. The predicted molar refractivity (Wildman–Crippen MR) is 77.0 cm³/mol. The van der Waals surface area contributed by atoms with Gasteiger partial charge in [-0.2, -0.15) is 5.26 Å². The minimum absolute atomic E-state index is 0.0435. The normalized spacial score (nSPS) is 9.80. The first-order valence-corrected chi connectivity index (χ1v) is 5.92. The zero-order chi connectivity index (χ0) is 14.7. The first kappa shape index (κ1) is 13.4. The highest BCUT2D eigenvalue weighted by atomic mass is 16.4. The van der Waals surface area contributed by atoms with Crippen LogP contribution in [0.25, 0.3) is 0 Å². The van der Waals surface area contributed by atoms with Gasteiger partial charge in [-0.3, -0.25) is 0 Å². The minimum Gasteiger partial charge on any atom is -0.478 e. The molecule has 0 heterocycles. The third-order valence-electron chi connectivity index (χ3n) is 2.94. The second kappa shape index (κ2) is 5.33. The Morgan fingerprint density at radius 1 is 1.35 bits per heavy atom. The predicted octanol–water partition coefficient (Wildman–Crippen LogP) is 2.89. The monoisotopic (exact) mass is 267 g/mol. The lowest BCUT2D eigenvalue weighted by molar-refractivity contribution is 0.0698. The van der Waals surface area contributed by atoms with Crippen LogP contribution in [0.2, 0.25) is 0 Å². The number of nitrogens with one attached hydrogen (secondary N) is 1. The van der Waals surface area contributed by atoms with Crippen molar-refractivity contribution in [3.8, 4) is 6.07 Å². The van der Waals surface area contributed by atoms with E-state index in [2.05, 4.69) is 11.4 Å². The molecule has 0 saturated heterocycles. The van der Waals surface area contributed by atoms with Gasteiger partial charge in [-0.25, -0.2) is 4.79 Å². The molecule has 2 aromatic rings. The Bertz CT molecular complexity index is 718. The van der Waals surface area contributed by atoms with Gasteiger partial charge in [0.2, 0.25) is 0 Å². The van der Waals surface area contributed by atoms with E-state index in [1.165, 1.54) is 6.07 Å². The number of aryl methyl sites for hydroxylation is 1. The third-order valence-corrected chi connectivity index (χ3v) is 2.94. The van der Waals surface area contributed by atoms with Crippen molar-refractivity contribution < 1.29 is 9.90 Å². The van der Waals surface area contributed by atoms with Crippen molar-refractivity contribution in [2.75, 3.05) is 11.1 Å². The van der Waals surface area contributed by atoms with E-state index in [1.54, 1.807) is 37.3 Å². The van der Waals surface area contributed by atoms with Crippen LogP contribution in [0.5, 0.6) is 0 Å². The van der Waals surface area contributed by atoms with Gasteiger partial charge in [-0.1, -0.05) is 12.1 Å². The van der Waals surface area contributed by atoms with Gasteiger partial charge in [-0.15, -0.1) is 0 Å². The molecule has 0 radical (unpaired) electrons. The maximum atomic E-state index is 11.1. The molecule has 20 heavy (non-hydrogen) atoms. The lowest BCUT2D eigenvalue weighted by Gasteiger charge is -2.12. The summed E-state index contributed by atoms with van der Waals surface area (Å²) in [6.45, 7) is 1.74. The molecule has 0 aliphatic carbocycles. The SMILES string of the molecule is Cc1cc(Nc2ccccc2C#N)cc(C(=O)O)c1N. The van der Waals surface area contributed by atoms with Gasteiger partial charge in [0.1, 0.15) is 6.07 Å². The van der Waals surface area contributed by atoms with E-state index >= 15 is 0 Å². The number of aromatic carboxylic acids is 1. The highest BCUT2D eigenvalue weighted by molar-refractivity contribution is 5.96. The average molecular weight is 267 g/mol. The maximum Gasteiger partial charge on any atom is 0.337 e. The molecule has 0 fully saturated rings. The fourth-order valence-corrected chi connectivity index (χ4v) is 1.89. The minimum atomic E-state index is -1.08. The third kappa shape index (κ3) is 2.54. The molecule has 2 aromatic carbocycles. The van der Waals surface area contributed by atoms with Crippen molar-refractivity contribution in [3.05, 3.63) is 53.1 Å². The molecule has 0 aliphatic rings. The van der Waals surface area contributed by atoms with Gasteiger partial charge >= 0.3 is 5.97 Å². The first-order valence-electron chi connectivity index (χ1n) is 5.92. The van der Waals surface area contributed by atoms with E-state index < -0.39 is 5.97 Å². The second-order valence-electron chi connectivity index (χ2n) is 4.34. The molecular formula is C15H13N3O2. The van der Waals surface area contributed by atoms with Crippen LogP contribution in [0, 0.1) is 18.3 Å². The molecule has 0 saturated carbocycles. The summed E-state index contributed by atoms with van der Waals surface area (Å²) in [6.07, 6.45) is 0. The lowest BCUT2D eigenvalue weighted by Crippen LogP contribution is -2.05. The quantitative estimate of drug-likeness (QED) is 0.742. The number of anilines is 3. The Morgan fingerprint density at radius 2 is 2.05 bits per heavy atom.